The van der Waals surface area contributed by atoms with Gasteiger partial charge in [-0.25, -0.2) is 0 Å². The Morgan fingerprint density at radius 1 is 1.50 bits per heavy atom. The molecule has 2 atom stereocenters. The minimum absolute atomic E-state index is 0.0392. The van der Waals surface area contributed by atoms with E-state index in [2.05, 4.69) is 11.0 Å². The minimum atomic E-state index is -0.126. The topological polar surface area (TPSA) is 65.7 Å². The van der Waals surface area contributed by atoms with Crippen LogP contribution in [0, 0.1) is 11.3 Å². The Kier molecular flexibility index (Phi) is 4.96. The molecule has 108 valence electrons. The van der Waals surface area contributed by atoms with E-state index in [9.17, 15) is 5.11 Å². The maximum Gasteiger partial charge on any atom is 0.136 e. The number of methoxy groups -OCH3 is 1. The zero-order chi connectivity index (χ0) is 14.5. The van der Waals surface area contributed by atoms with Crippen molar-refractivity contribution in [3.8, 4) is 11.8 Å². The number of nitriles is 1. The van der Waals surface area contributed by atoms with E-state index in [1.165, 1.54) is 0 Å². The number of aliphatic hydroxyl groups is 1. The molecule has 0 aliphatic carbocycles. The number of aliphatic hydroxyl groups excluding tert-OH is 1. The molecule has 5 nitrogen and oxygen atoms in total. The van der Waals surface area contributed by atoms with Crippen LogP contribution in [-0.2, 0) is 11.3 Å². The third-order valence-corrected chi connectivity index (χ3v) is 3.40. The van der Waals surface area contributed by atoms with Gasteiger partial charge in [-0.3, -0.25) is 4.90 Å². The normalized spacial score (nSPS) is 23.3. The summed E-state index contributed by atoms with van der Waals surface area (Å²) in [7, 11) is 1.57. The first-order valence-electron chi connectivity index (χ1n) is 6.72. The summed E-state index contributed by atoms with van der Waals surface area (Å²) in [5, 5.41) is 18.2. The highest BCUT2D eigenvalue weighted by Crippen LogP contribution is 2.21. The Morgan fingerprint density at radius 3 is 2.95 bits per heavy atom. The molecule has 1 aliphatic rings. The highest BCUT2D eigenvalue weighted by atomic mass is 16.5. The van der Waals surface area contributed by atoms with E-state index >= 15 is 0 Å². The van der Waals surface area contributed by atoms with E-state index < -0.39 is 0 Å². The number of hydrogen-bond donors (Lipinski definition) is 1. The van der Waals surface area contributed by atoms with Crippen molar-refractivity contribution in [3.63, 3.8) is 0 Å². The number of ether oxygens (including phenoxy) is 2. The largest absolute Gasteiger partial charge is 0.495 e. The van der Waals surface area contributed by atoms with Crippen molar-refractivity contribution < 1.29 is 14.6 Å². The van der Waals surface area contributed by atoms with E-state index in [1.807, 2.05) is 19.1 Å². The van der Waals surface area contributed by atoms with E-state index in [-0.39, 0.29) is 18.8 Å². The van der Waals surface area contributed by atoms with Crippen LogP contribution in [0.25, 0.3) is 0 Å². The van der Waals surface area contributed by atoms with E-state index in [4.69, 9.17) is 14.7 Å². The van der Waals surface area contributed by atoms with Gasteiger partial charge >= 0.3 is 0 Å². The van der Waals surface area contributed by atoms with Crippen LogP contribution in [0.5, 0.6) is 5.75 Å². The average molecular weight is 276 g/mol. The van der Waals surface area contributed by atoms with Crippen LogP contribution in [0.3, 0.4) is 0 Å². The molecule has 5 heteroatoms. The number of hydrogen-bond acceptors (Lipinski definition) is 5. The van der Waals surface area contributed by atoms with Crippen LogP contribution in [0.4, 0.5) is 0 Å². The van der Waals surface area contributed by atoms with Crippen LogP contribution < -0.4 is 4.74 Å². The summed E-state index contributed by atoms with van der Waals surface area (Å²) >= 11 is 0. The summed E-state index contributed by atoms with van der Waals surface area (Å²) in [5.74, 6) is 0.602. The van der Waals surface area contributed by atoms with Crippen molar-refractivity contribution in [1.82, 2.24) is 4.90 Å². The second-order valence-electron chi connectivity index (χ2n) is 5.09. The predicted molar refractivity (Wildman–Crippen MR) is 74.4 cm³/mol. The molecule has 1 aromatic carbocycles. The lowest BCUT2D eigenvalue weighted by atomic mass is 10.1. The first-order chi connectivity index (χ1) is 9.66. The Labute approximate surface area is 119 Å². The Bertz CT molecular complexity index is 498. The van der Waals surface area contributed by atoms with Gasteiger partial charge in [0.25, 0.3) is 0 Å². The molecule has 0 bridgehead atoms. The highest BCUT2D eigenvalue weighted by molar-refractivity contribution is 5.45. The summed E-state index contributed by atoms with van der Waals surface area (Å²) in [6, 6.07) is 7.72. The van der Waals surface area contributed by atoms with E-state index in [0.717, 1.165) is 18.7 Å². The number of morpholine rings is 1. The molecule has 20 heavy (non-hydrogen) atoms. The van der Waals surface area contributed by atoms with Gasteiger partial charge in [0.05, 0.1) is 31.5 Å². The van der Waals surface area contributed by atoms with Crippen molar-refractivity contribution in [3.05, 3.63) is 29.3 Å². The van der Waals surface area contributed by atoms with Crippen molar-refractivity contribution in [1.29, 1.82) is 5.26 Å². The van der Waals surface area contributed by atoms with Crippen molar-refractivity contribution in [2.24, 2.45) is 0 Å². The second kappa shape index (κ2) is 6.71. The highest BCUT2D eigenvalue weighted by Gasteiger charge is 2.24. The fourth-order valence-electron chi connectivity index (χ4n) is 2.56. The second-order valence-corrected chi connectivity index (χ2v) is 5.09. The molecule has 0 radical (unpaired) electrons. The molecule has 1 aromatic rings. The lowest BCUT2D eigenvalue weighted by Crippen LogP contribution is -2.47. The van der Waals surface area contributed by atoms with Gasteiger partial charge in [-0.2, -0.15) is 5.26 Å². The molecule has 1 N–H and O–H groups in total. The number of rotatable bonds is 4. The maximum atomic E-state index is 9.24. The Balaban J connectivity index is 2.08. The minimum Gasteiger partial charge on any atom is -0.495 e. The molecular weight excluding hydrogens is 256 g/mol. The lowest BCUT2D eigenvalue weighted by Gasteiger charge is -2.36. The zero-order valence-electron chi connectivity index (χ0n) is 11.9. The molecule has 0 saturated carbocycles. The smallest absolute Gasteiger partial charge is 0.136 e. The Hall–Kier alpha value is -1.61. The van der Waals surface area contributed by atoms with Gasteiger partial charge in [0.15, 0.2) is 0 Å². The first-order valence-corrected chi connectivity index (χ1v) is 6.72. The third kappa shape index (κ3) is 3.48. The molecule has 0 aromatic heterocycles. The van der Waals surface area contributed by atoms with E-state index in [1.54, 1.807) is 13.2 Å². The summed E-state index contributed by atoms with van der Waals surface area (Å²) < 4.78 is 10.8. The van der Waals surface area contributed by atoms with Crippen LogP contribution in [0.2, 0.25) is 0 Å². The molecule has 1 aliphatic heterocycles. The summed E-state index contributed by atoms with van der Waals surface area (Å²) in [5.41, 5.74) is 1.63. The van der Waals surface area contributed by atoms with E-state index in [0.29, 0.717) is 17.9 Å². The monoisotopic (exact) mass is 276 g/mol. The fraction of sp³-hybridized carbons (Fsp3) is 0.533. The molecule has 1 heterocycles. The molecule has 1 fully saturated rings. The van der Waals surface area contributed by atoms with Gasteiger partial charge < -0.3 is 14.6 Å². The van der Waals surface area contributed by atoms with Gasteiger partial charge in [0, 0.05) is 19.6 Å². The van der Waals surface area contributed by atoms with Crippen LogP contribution in [0.1, 0.15) is 18.1 Å². The van der Waals surface area contributed by atoms with Gasteiger partial charge in [-0.1, -0.05) is 6.07 Å². The van der Waals surface area contributed by atoms with Gasteiger partial charge in [-0.15, -0.1) is 0 Å². The average Bonchev–Trinajstić information content (AvgIpc) is 2.46. The zero-order valence-corrected chi connectivity index (χ0v) is 11.9. The van der Waals surface area contributed by atoms with Crippen LogP contribution in [-0.4, -0.2) is 49.0 Å². The quantitative estimate of drug-likeness (QED) is 0.893. The molecule has 2 rings (SSSR count). The number of nitrogens with zero attached hydrogens (tertiary/aromatic N) is 2. The van der Waals surface area contributed by atoms with Crippen LogP contribution >= 0.6 is 0 Å². The van der Waals surface area contributed by atoms with Crippen molar-refractivity contribution in [2.45, 2.75) is 25.7 Å². The Morgan fingerprint density at radius 2 is 2.30 bits per heavy atom. The third-order valence-electron chi connectivity index (χ3n) is 3.40. The summed E-state index contributed by atoms with van der Waals surface area (Å²) in [6.45, 7) is 4.35. The summed E-state index contributed by atoms with van der Waals surface area (Å²) in [6.07, 6.45) is -0.0137. The fourth-order valence-corrected chi connectivity index (χ4v) is 2.56. The first kappa shape index (κ1) is 14.8. The molecule has 1 saturated heterocycles. The number of benzene rings is 1. The summed E-state index contributed by atoms with van der Waals surface area (Å²) in [4.78, 5) is 2.25. The van der Waals surface area contributed by atoms with Crippen molar-refractivity contribution in [2.75, 3.05) is 26.8 Å². The van der Waals surface area contributed by atoms with Gasteiger partial charge in [0.2, 0.25) is 0 Å². The molecule has 2 unspecified atom stereocenters. The molecule has 0 spiro atoms. The van der Waals surface area contributed by atoms with Crippen molar-refractivity contribution >= 4 is 0 Å². The van der Waals surface area contributed by atoms with Gasteiger partial charge in [0.1, 0.15) is 11.8 Å². The standard InChI is InChI=1S/C15H20N2O3/c1-11-7-17(9-14(10-18)20-11)8-12-3-4-13(6-16)15(5-12)19-2/h3-5,11,14,18H,7-10H2,1-2H3. The maximum absolute atomic E-state index is 9.24. The predicted octanol–water partition coefficient (Wildman–Crippen LogP) is 1.15. The molecule has 0 amide bonds. The molecular formula is C15H20N2O3. The van der Waals surface area contributed by atoms with Crippen LogP contribution in [0.15, 0.2) is 18.2 Å². The lowest BCUT2D eigenvalue weighted by molar-refractivity contribution is -0.0972. The van der Waals surface area contributed by atoms with Gasteiger partial charge in [-0.05, 0) is 24.6 Å². The SMILES string of the molecule is COc1cc(CN2CC(C)OC(CO)C2)ccc1C#N.